The van der Waals surface area contributed by atoms with Crippen LogP contribution in [-0.2, 0) is 19.1 Å². The maximum atomic E-state index is 12.3. The molecule has 0 saturated heterocycles. The average molecular weight is 468 g/mol. The van der Waals surface area contributed by atoms with E-state index < -0.39 is 11.9 Å². The van der Waals surface area contributed by atoms with Crippen LogP contribution in [0.1, 0.15) is 96.8 Å². The first kappa shape index (κ1) is 30.9. The second kappa shape index (κ2) is 23.0. The Labute approximate surface area is 199 Å². The highest BCUT2D eigenvalue weighted by Crippen LogP contribution is 2.10. The van der Waals surface area contributed by atoms with E-state index in [0.29, 0.717) is 12.5 Å². The van der Waals surface area contributed by atoms with Gasteiger partial charge in [0.05, 0.1) is 13.2 Å². The van der Waals surface area contributed by atoms with Gasteiger partial charge in [0.1, 0.15) is 6.61 Å². The van der Waals surface area contributed by atoms with Gasteiger partial charge in [-0.05, 0) is 32.1 Å². The molecule has 0 aromatic heterocycles. The number of carboxylic acid groups (broad SMARTS) is 1. The smallest absolute Gasteiger partial charge is 0.331 e. The quantitative estimate of drug-likeness (QED) is 0.100. The van der Waals surface area contributed by atoms with Crippen LogP contribution in [0.2, 0.25) is 0 Å². The van der Waals surface area contributed by atoms with Crippen LogP contribution >= 0.6 is 0 Å². The third-order valence-corrected chi connectivity index (χ3v) is 5.34. The van der Waals surface area contributed by atoms with E-state index in [0.717, 1.165) is 38.2 Å². The van der Waals surface area contributed by atoms with Gasteiger partial charge >= 0.3 is 11.9 Å². The summed E-state index contributed by atoms with van der Waals surface area (Å²) in [5.74, 6) is -2.08. The van der Waals surface area contributed by atoms with Crippen molar-refractivity contribution < 1.29 is 29.3 Å². The standard InChI is InChI=1S/C26H45NO6/c1-2-3-4-5-6-7-8-9-10-11-12-13-14-15-16-17-24(29)27(20-22-28)21-23-33-26(32)19-18-25(30)31/h9-10,18-19,28H,2-8,11-17,20-23H2,1H3,(H,30,31)/b10-9+,19-18+. The molecule has 0 aliphatic carbocycles. The van der Waals surface area contributed by atoms with Gasteiger partial charge in [0.2, 0.25) is 5.91 Å². The van der Waals surface area contributed by atoms with Crippen molar-refractivity contribution in [3.63, 3.8) is 0 Å². The number of ether oxygens (including phenoxy) is 1. The molecule has 0 aromatic rings. The van der Waals surface area contributed by atoms with Crippen LogP contribution in [0.3, 0.4) is 0 Å². The average Bonchev–Trinajstić information content (AvgIpc) is 2.79. The minimum absolute atomic E-state index is 0.0408. The summed E-state index contributed by atoms with van der Waals surface area (Å²) < 4.78 is 4.88. The number of hydrogen-bond acceptors (Lipinski definition) is 5. The zero-order valence-corrected chi connectivity index (χ0v) is 20.5. The molecule has 7 heteroatoms. The van der Waals surface area contributed by atoms with E-state index >= 15 is 0 Å². The van der Waals surface area contributed by atoms with Crippen LogP contribution in [0.5, 0.6) is 0 Å². The molecule has 0 spiro atoms. The van der Waals surface area contributed by atoms with E-state index in [1.54, 1.807) is 0 Å². The fourth-order valence-corrected chi connectivity index (χ4v) is 3.43. The first-order valence-corrected chi connectivity index (χ1v) is 12.6. The lowest BCUT2D eigenvalue weighted by Gasteiger charge is -2.21. The van der Waals surface area contributed by atoms with Gasteiger partial charge in [-0.1, -0.05) is 70.4 Å². The molecule has 0 aliphatic rings. The molecule has 33 heavy (non-hydrogen) atoms. The zero-order chi connectivity index (χ0) is 24.6. The summed E-state index contributed by atoms with van der Waals surface area (Å²) in [5, 5.41) is 17.6. The van der Waals surface area contributed by atoms with E-state index in [9.17, 15) is 14.4 Å². The third kappa shape index (κ3) is 21.5. The van der Waals surface area contributed by atoms with Crippen molar-refractivity contribution in [2.75, 3.05) is 26.3 Å². The van der Waals surface area contributed by atoms with Gasteiger partial charge in [0.15, 0.2) is 0 Å². The summed E-state index contributed by atoms with van der Waals surface area (Å²) >= 11 is 0. The number of aliphatic hydroxyl groups is 1. The van der Waals surface area contributed by atoms with Crippen molar-refractivity contribution in [2.45, 2.75) is 96.8 Å². The molecular weight excluding hydrogens is 422 g/mol. The van der Waals surface area contributed by atoms with Gasteiger partial charge in [-0.25, -0.2) is 9.59 Å². The topological polar surface area (TPSA) is 104 Å². The van der Waals surface area contributed by atoms with Crippen LogP contribution in [0.4, 0.5) is 0 Å². The number of aliphatic hydroxyl groups excluding tert-OH is 1. The van der Waals surface area contributed by atoms with E-state index in [2.05, 4.69) is 19.1 Å². The summed E-state index contributed by atoms with van der Waals surface area (Å²) in [4.78, 5) is 35.5. The lowest BCUT2D eigenvalue weighted by molar-refractivity contribution is -0.141. The summed E-state index contributed by atoms with van der Waals surface area (Å²) in [6, 6.07) is 0. The Kier molecular flexibility index (Phi) is 21.5. The van der Waals surface area contributed by atoms with Gasteiger partial charge in [-0.2, -0.15) is 0 Å². The maximum absolute atomic E-state index is 12.3. The minimum Gasteiger partial charge on any atom is -0.478 e. The Morgan fingerprint density at radius 1 is 0.788 bits per heavy atom. The molecule has 0 aliphatic heterocycles. The summed E-state index contributed by atoms with van der Waals surface area (Å²) in [6.45, 7) is 2.41. The van der Waals surface area contributed by atoms with Gasteiger partial charge in [-0.15, -0.1) is 0 Å². The number of aliphatic carboxylic acids is 1. The number of allylic oxidation sites excluding steroid dienone is 2. The third-order valence-electron chi connectivity index (χ3n) is 5.34. The highest BCUT2D eigenvalue weighted by molar-refractivity contribution is 5.90. The Balaban J connectivity index is 3.75. The minimum atomic E-state index is -1.23. The Morgan fingerprint density at radius 3 is 1.94 bits per heavy atom. The number of carboxylic acids is 1. The zero-order valence-electron chi connectivity index (χ0n) is 20.5. The van der Waals surface area contributed by atoms with Crippen LogP contribution in [-0.4, -0.2) is 59.3 Å². The molecule has 7 nitrogen and oxygen atoms in total. The molecule has 0 fully saturated rings. The molecule has 0 heterocycles. The van der Waals surface area contributed by atoms with Crippen molar-refractivity contribution in [1.82, 2.24) is 4.90 Å². The number of hydrogen-bond donors (Lipinski definition) is 2. The Morgan fingerprint density at radius 2 is 1.36 bits per heavy atom. The van der Waals surface area contributed by atoms with Gasteiger partial charge in [0, 0.05) is 25.1 Å². The SMILES string of the molecule is CCCCCCCC/C=C/CCCCCCCC(=O)N(CCO)CCOC(=O)/C=C/C(=O)O. The second-order valence-electron chi connectivity index (χ2n) is 8.28. The monoisotopic (exact) mass is 467 g/mol. The van der Waals surface area contributed by atoms with E-state index in [-0.39, 0.29) is 32.2 Å². The molecule has 1 amide bonds. The lowest BCUT2D eigenvalue weighted by atomic mass is 10.1. The number of nitrogens with zero attached hydrogens (tertiary/aromatic N) is 1. The largest absolute Gasteiger partial charge is 0.478 e. The van der Waals surface area contributed by atoms with Crippen LogP contribution in [0, 0.1) is 0 Å². The number of amides is 1. The maximum Gasteiger partial charge on any atom is 0.331 e. The van der Waals surface area contributed by atoms with Crippen LogP contribution in [0.15, 0.2) is 24.3 Å². The molecule has 2 N–H and O–H groups in total. The van der Waals surface area contributed by atoms with E-state index in [1.807, 2.05) is 0 Å². The normalized spacial score (nSPS) is 11.3. The highest BCUT2D eigenvalue weighted by atomic mass is 16.5. The molecule has 0 aromatic carbocycles. The molecular formula is C26H45NO6. The molecule has 0 unspecified atom stereocenters. The fraction of sp³-hybridized carbons (Fsp3) is 0.731. The predicted octanol–water partition coefficient (Wildman–Crippen LogP) is 5.03. The Bertz CT molecular complexity index is 573. The predicted molar refractivity (Wildman–Crippen MR) is 131 cm³/mol. The number of unbranched alkanes of at least 4 members (excludes halogenated alkanes) is 11. The molecule has 0 atom stereocenters. The Hall–Kier alpha value is -2.15. The molecule has 0 rings (SSSR count). The first-order chi connectivity index (χ1) is 16.0. The summed E-state index contributed by atoms with van der Waals surface area (Å²) in [5.41, 5.74) is 0. The fourth-order valence-electron chi connectivity index (χ4n) is 3.43. The van der Waals surface area contributed by atoms with Gasteiger partial charge in [0.25, 0.3) is 0 Å². The number of carbonyl (C=O) groups excluding carboxylic acids is 2. The number of carbonyl (C=O) groups is 3. The van der Waals surface area contributed by atoms with Crippen LogP contribution < -0.4 is 0 Å². The second-order valence-corrected chi connectivity index (χ2v) is 8.28. The molecule has 0 radical (unpaired) electrons. The van der Waals surface area contributed by atoms with Crippen molar-refractivity contribution in [2.24, 2.45) is 0 Å². The van der Waals surface area contributed by atoms with Crippen molar-refractivity contribution in [3.8, 4) is 0 Å². The van der Waals surface area contributed by atoms with Crippen molar-refractivity contribution in [3.05, 3.63) is 24.3 Å². The van der Waals surface area contributed by atoms with Gasteiger partial charge < -0.3 is 19.8 Å². The summed E-state index contributed by atoms with van der Waals surface area (Å²) in [7, 11) is 0. The first-order valence-electron chi connectivity index (χ1n) is 12.6. The van der Waals surface area contributed by atoms with E-state index in [4.69, 9.17) is 14.9 Å². The number of rotatable bonds is 22. The lowest BCUT2D eigenvalue weighted by Crippen LogP contribution is -2.36. The number of esters is 1. The van der Waals surface area contributed by atoms with Crippen molar-refractivity contribution in [1.29, 1.82) is 0 Å². The van der Waals surface area contributed by atoms with Gasteiger partial charge in [-0.3, -0.25) is 4.79 Å². The summed E-state index contributed by atoms with van der Waals surface area (Å²) in [6.07, 6.45) is 22.1. The highest BCUT2D eigenvalue weighted by Gasteiger charge is 2.13. The molecule has 0 saturated carbocycles. The van der Waals surface area contributed by atoms with Crippen LogP contribution in [0.25, 0.3) is 0 Å². The molecule has 190 valence electrons. The molecule has 0 bridgehead atoms. The van der Waals surface area contributed by atoms with Crippen molar-refractivity contribution >= 4 is 17.8 Å². The van der Waals surface area contributed by atoms with E-state index in [1.165, 1.54) is 56.3 Å².